The first-order valence-electron chi connectivity index (χ1n) is 6.75. The molecule has 0 atom stereocenters. The lowest BCUT2D eigenvalue weighted by Gasteiger charge is -2.26. The third kappa shape index (κ3) is 3.15. The third-order valence-corrected chi connectivity index (χ3v) is 5.82. The Kier molecular flexibility index (Phi) is 4.93. The molecule has 0 radical (unpaired) electrons. The monoisotopic (exact) mass is 435 g/mol. The predicted octanol–water partition coefficient (Wildman–Crippen LogP) is 4.71. The molecule has 0 saturated carbocycles. The Morgan fingerprint density at radius 1 is 1.42 bits per heavy atom. The predicted molar refractivity (Wildman–Crippen MR) is 90.4 cm³/mol. The lowest BCUT2D eigenvalue weighted by Crippen LogP contribution is -2.32. The summed E-state index contributed by atoms with van der Waals surface area (Å²) in [6.07, 6.45) is 3.45. The summed E-state index contributed by atoms with van der Waals surface area (Å²) >= 11 is 5.69. The van der Waals surface area contributed by atoms with Crippen LogP contribution in [0.5, 0.6) is 0 Å². The lowest BCUT2D eigenvalue weighted by molar-refractivity contribution is 0.0768. The van der Waals surface area contributed by atoms with Crippen LogP contribution in [0, 0.1) is 8.99 Å². The van der Waals surface area contributed by atoms with E-state index in [0.29, 0.717) is 5.41 Å². The maximum Gasteiger partial charge on any atom is 0.254 e. The maximum atomic E-state index is 12.6. The Bertz CT molecular complexity index is 485. The second kappa shape index (κ2) is 6.12. The fraction of sp³-hybridized carbons (Fsp3) is 0.533. The molecule has 1 aliphatic heterocycles. The highest BCUT2D eigenvalue weighted by Gasteiger charge is 2.37. The van der Waals surface area contributed by atoms with Crippen LogP contribution in [0.1, 0.15) is 43.5 Å². The number of carbonyl (C=O) groups is 1. The van der Waals surface area contributed by atoms with E-state index in [1.807, 2.05) is 23.1 Å². The first-order valence-corrected chi connectivity index (χ1v) is 8.63. The molecule has 0 spiro atoms. The molecule has 1 saturated heterocycles. The van der Waals surface area contributed by atoms with Crippen molar-refractivity contribution in [2.75, 3.05) is 13.1 Å². The van der Waals surface area contributed by atoms with E-state index < -0.39 is 0 Å². The van der Waals surface area contributed by atoms with Gasteiger partial charge in [0.15, 0.2) is 0 Å². The van der Waals surface area contributed by atoms with Gasteiger partial charge in [0.1, 0.15) is 0 Å². The molecular formula is C15H19BrINO. The lowest BCUT2D eigenvalue weighted by atomic mass is 9.82. The van der Waals surface area contributed by atoms with Crippen LogP contribution in [-0.2, 0) is 0 Å². The zero-order valence-electron chi connectivity index (χ0n) is 11.4. The Morgan fingerprint density at radius 3 is 2.68 bits per heavy atom. The molecule has 1 aromatic carbocycles. The number of hydrogen-bond donors (Lipinski definition) is 0. The quantitative estimate of drug-likeness (QED) is 0.629. The third-order valence-electron chi connectivity index (χ3n) is 4.38. The molecule has 1 aliphatic rings. The minimum atomic E-state index is 0.175. The average Bonchev–Trinajstić information content (AvgIpc) is 2.86. The van der Waals surface area contributed by atoms with Crippen LogP contribution in [0.4, 0.5) is 0 Å². The molecule has 0 N–H and O–H groups in total. The van der Waals surface area contributed by atoms with Crippen LogP contribution in [-0.4, -0.2) is 23.9 Å². The van der Waals surface area contributed by atoms with Gasteiger partial charge in [-0.25, -0.2) is 0 Å². The Morgan fingerprint density at radius 2 is 2.11 bits per heavy atom. The first kappa shape index (κ1) is 15.3. The standard InChI is InChI=1S/C15H19BrINO/c1-3-15(4-2)7-8-18(10-15)14(19)12-9-11(16)5-6-13(12)17/h5-6,9H,3-4,7-8,10H2,1-2H3. The van der Waals surface area contributed by atoms with Gasteiger partial charge in [-0.05, 0) is 65.5 Å². The number of rotatable bonds is 3. The molecule has 1 heterocycles. The Balaban J connectivity index is 2.20. The van der Waals surface area contributed by atoms with Crippen LogP contribution in [0.2, 0.25) is 0 Å². The van der Waals surface area contributed by atoms with Crippen molar-refractivity contribution in [2.24, 2.45) is 5.41 Å². The van der Waals surface area contributed by atoms with Crippen molar-refractivity contribution in [3.8, 4) is 0 Å². The summed E-state index contributed by atoms with van der Waals surface area (Å²) in [6, 6.07) is 5.90. The van der Waals surface area contributed by atoms with Gasteiger partial charge in [-0.3, -0.25) is 4.79 Å². The van der Waals surface area contributed by atoms with Gasteiger partial charge in [-0.15, -0.1) is 0 Å². The molecule has 1 aromatic rings. The summed E-state index contributed by atoms with van der Waals surface area (Å²) in [5.41, 5.74) is 1.16. The van der Waals surface area contributed by atoms with E-state index in [2.05, 4.69) is 52.4 Å². The number of carbonyl (C=O) groups excluding carboxylic acids is 1. The van der Waals surface area contributed by atoms with Crippen LogP contribution in [0.3, 0.4) is 0 Å². The van der Waals surface area contributed by atoms with E-state index in [4.69, 9.17) is 0 Å². The summed E-state index contributed by atoms with van der Waals surface area (Å²) in [4.78, 5) is 14.7. The van der Waals surface area contributed by atoms with Gasteiger partial charge in [-0.2, -0.15) is 0 Å². The molecule has 19 heavy (non-hydrogen) atoms. The number of benzene rings is 1. The fourth-order valence-corrected chi connectivity index (χ4v) is 3.69. The van der Waals surface area contributed by atoms with Gasteiger partial charge in [-0.1, -0.05) is 29.8 Å². The van der Waals surface area contributed by atoms with Gasteiger partial charge in [0.25, 0.3) is 5.91 Å². The number of nitrogens with zero attached hydrogens (tertiary/aromatic N) is 1. The average molecular weight is 436 g/mol. The second-order valence-electron chi connectivity index (χ2n) is 5.31. The van der Waals surface area contributed by atoms with Crippen molar-refractivity contribution >= 4 is 44.4 Å². The van der Waals surface area contributed by atoms with Crippen molar-refractivity contribution in [1.29, 1.82) is 0 Å². The highest BCUT2D eigenvalue weighted by Crippen LogP contribution is 2.37. The van der Waals surface area contributed by atoms with Gasteiger partial charge in [0.2, 0.25) is 0 Å². The molecule has 4 heteroatoms. The number of likely N-dealkylation sites (tertiary alicyclic amines) is 1. The molecule has 0 aliphatic carbocycles. The summed E-state index contributed by atoms with van der Waals surface area (Å²) in [6.45, 7) is 6.27. The maximum absolute atomic E-state index is 12.6. The smallest absolute Gasteiger partial charge is 0.254 e. The van der Waals surface area contributed by atoms with E-state index in [9.17, 15) is 4.79 Å². The van der Waals surface area contributed by atoms with Crippen LogP contribution >= 0.6 is 38.5 Å². The molecule has 2 nitrogen and oxygen atoms in total. The van der Waals surface area contributed by atoms with Crippen molar-refractivity contribution in [3.05, 3.63) is 31.8 Å². The van der Waals surface area contributed by atoms with Crippen LogP contribution in [0.15, 0.2) is 22.7 Å². The zero-order chi connectivity index (χ0) is 14.0. The van der Waals surface area contributed by atoms with E-state index in [1.165, 1.54) is 0 Å². The summed E-state index contributed by atoms with van der Waals surface area (Å²) in [5.74, 6) is 0.175. The fourth-order valence-electron chi connectivity index (χ4n) is 2.77. The first-order chi connectivity index (χ1) is 9.01. The molecule has 0 bridgehead atoms. The van der Waals surface area contributed by atoms with Crippen molar-refractivity contribution < 1.29 is 4.79 Å². The molecule has 1 amide bonds. The zero-order valence-corrected chi connectivity index (χ0v) is 15.1. The summed E-state index contributed by atoms with van der Waals surface area (Å²) < 4.78 is 1.99. The van der Waals surface area contributed by atoms with Gasteiger partial charge < -0.3 is 4.90 Å². The normalized spacial score (nSPS) is 17.8. The summed E-state index contributed by atoms with van der Waals surface area (Å²) in [7, 11) is 0. The molecule has 2 rings (SSSR count). The van der Waals surface area contributed by atoms with E-state index in [0.717, 1.165) is 46.0 Å². The minimum Gasteiger partial charge on any atom is -0.338 e. The summed E-state index contributed by atoms with van der Waals surface area (Å²) in [5, 5.41) is 0. The van der Waals surface area contributed by atoms with E-state index in [-0.39, 0.29) is 5.91 Å². The molecule has 0 unspecified atom stereocenters. The molecular weight excluding hydrogens is 417 g/mol. The van der Waals surface area contributed by atoms with Gasteiger partial charge in [0, 0.05) is 21.1 Å². The topological polar surface area (TPSA) is 20.3 Å². The van der Waals surface area contributed by atoms with E-state index >= 15 is 0 Å². The van der Waals surface area contributed by atoms with Crippen LogP contribution in [0.25, 0.3) is 0 Å². The number of hydrogen-bond acceptors (Lipinski definition) is 1. The molecule has 104 valence electrons. The molecule has 0 aromatic heterocycles. The highest BCUT2D eigenvalue weighted by molar-refractivity contribution is 14.1. The van der Waals surface area contributed by atoms with Crippen molar-refractivity contribution in [2.45, 2.75) is 33.1 Å². The number of halogens is 2. The largest absolute Gasteiger partial charge is 0.338 e. The Hall–Kier alpha value is -0.100. The van der Waals surface area contributed by atoms with Crippen LogP contribution < -0.4 is 0 Å². The molecule has 1 fully saturated rings. The second-order valence-corrected chi connectivity index (χ2v) is 7.39. The van der Waals surface area contributed by atoms with Crippen molar-refractivity contribution in [1.82, 2.24) is 4.90 Å². The number of amides is 1. The highest BCUT2D eigenvalue weighted by atomic mass is 127. The van der Waals surface area contributed by atoms with Gasteiger partial charge in [0.05, 0.1) is 5.56 Å². The SMILES string of the molecule is CCC1(CC)CCN(C(=O)c2cc(Br)ccc2I)C1. The van der Waals surface area contributed by atoms with E-state index in [1.54, 1.807) is 0 Å². The minimum absolute atomic E-state index is 0.175. The van der Waals surface area contributed by atoms with Crippen molar-refractivity contribution in [3.63, 3.8) is 0 Å². The Labute approximate surface area is 137 Å². The van der Waals surface area contributed by atoms with Gasteiger partial charge >= 0.3 is 0 Å².